The van der Waals surface area contributed by atoms with E-state index in [9.17, 15) is 59.4 Å². The second-order valence-electron chi connectivity index (χ2n) is 4.58. The number of aliphatic hydroxyl groups is 6. The van der Waals surface area contributed by atoms with Crippen LogP contribution in [0.5, 0.6) is 0 Å². The molecule has 0 aliphatic carbocycles. The molecule has 0 amide bonds. The van der Waals surface area contributed by atoms with E-state index < -0.39 is 72.4 Å². The van der Waals surface area contributed by atoms with Gasteiger partial charge in [0.1, 0.15) is 36.6 Å². The van der Waals surface area contributed by atoms with E-state index in [1.165, 1.54) is 0 Å². The number of carboxylic acid groups (broad SMARTS) is 6. The van der Waals surface area contributed by atoms with Gasteiger partial charge in [-0.15, -0.1) is 0 Å². The van der Waals surface area contributed by atoms with Crippen molar-refractivity contribution in [2.75, 3.05) is 0 Å². The van der Waals surface area contributed by atoms with Gasteiger partial charge in [-0.2, -0.15) is 0 Å². The summed E-state index contributed by atoms with van der Waals surface area (Å²) in [5.41, 5.74) is 0. The van der Waals surface area contributed by atoms with Crippen LogP contribution < -0.4 is 30.6 Å². The Morgan fingerprint density at radius 2 is 0.438 bits per heavy atom. The summed E-state index contributed by atoms with van der Waals surface area (Å²) >= 11 is 0. The molecule has 6 atom stereocenters. The molecule has 183 valence electrons. The van der Waals surface area contributed by atoms with Crippen molar-refractivity contribution >= 4 is 35.8 Å². The third-order valence-electron chi connectivity index (χ3n) is 2.35. The van der Waals surface area contributed by atoms with Crippen LogP contribution in [0.4, 0.5) is 0 Å². The van der Waals surface area contributed by atoms with Crippen molar-refractivity contribution in [3.8, 4) is 0 Å². The van der Waals surface area contributed by atoms with Crippen LogP contribution in [0.1, 0.15) is 0 Å². The first-order valence-electron chi connectivity index (χ1n) is 6.73. The van der Waals surface area contributed by atoms with Crippen molar-refractivity contribution in [1.82, 2.24) is 0 Å². The molecule has 0 fully saturated rings. The zero-order chi connectivity index (χ0) is 24.9. The van der Waals surface area contributed by atoms with E-state index in [2.05, 4.69) is 0 Å². The van der Waals surface area contributed by atoms with Gasteiger partial charge in [-0.05, 0) is 0 Å². The predicted octanol–water partition coefficient (Wildman–Crippen LogP) is -14.4. The number of rotatable bonds is 9. The van der Waals surface area contributed by atoms with Gasteiger partial charge in [0.2, 0.25) is 0 Å². The van der Waals surface area contributed by atoms with Gasteiger partial charge < -0.3 is 90.0 Å². The fourth-order valence-electron chi connectivity index (χ4n) is 0.773. The molecule has 0 aromatic heterocycles. The number of hydrogen-bond donors (Lipinski definition) is 6. The molecular formula is C12H12CuO18Zr. The minimum atomic E-state index is -2.44. The van der Waals surface area contributed by atoms with Crippen LogP contribution in [0.25, 0.3) is 0 Å². The first kappa shape index (κ1) is 40.4. The first-order valence-corrected chi connectivity index (χ1v) is 6.73. The van der Waals surface area contributed by atoms with Gasteiger partial charge in [0.25, 0.3) is 0 Å². The van der Waals surface area contributed by atoms with E-state index >= 15 is 0 Å². The molecule has 0 bridgehead atoms. The van der Waals surface area contributed by atoms with Crippen LogP contribution in [-0.4, -0.2) is 103 Å². The van der Waals surface area contributed by atoms with Crippen molar-refractivity contribution in [2.45, 2.75) is 36.6 Å². The van der Waals surface area contributed by atoms with Gasteiger partial charge in [-0.25, -0.2) is 0 Å². The van der Waals surface area contributed by atoms with Crippen molar-refractivity contribution in [3.05, 3.63) is 0 Å². The number of carboxylic acids is 6. The van der Waals surface area contributed by atoms with Crippen molar-refractivity contribution in [2.24, 2.45) is 0 Å². The monoisotopic (exact) mass is 597 g/mol. The maximum Gasteiger partial charge on any atom is 4.00 e. The van der Waals surface area contributed by atoms with Crippen LogP contribution >= 0.6 is 0 Å². The molecular weight excluding hydrogens is 587 g/mol. The van der Waals surface area contributed by atoms with Crippen molar-refractivity contribution < 1.29 is 133 Å². The molecule has 0 aliphatic rings. The number of carbonyl (C=O) groups excluding carboxylic acids is 6. The summed E-state index contributed by atoms with van der Waals surface area (Å²) in [4.78, 5) is 57.8. The normalized spacial score (nSPS) is 14.8. The van der Waals surface area contributed by atoms with Gasteiger partial charge >= 0.3 is 43.3 Å². The zero-order valence-corrected chi connectivity index (χ0v) is 18.2. The molecule has 0 saturated carbocycles. The summed E-state index contributed by atoms with van der Waals surface area (Å²) in [5, 5.41) is 107. The Morgan fingerprint density at radius 3 is 0.469 bits per heavy atom. The molecule has 18 nitrogen and oxygen atoms in total. The first-order chi connectivity index (χ1) is 13.4. The molecule has 0 saturated heterocycles. The van der Waals surface area contributed by atoms with E-state index in [0.717, 1.165) is 0 Å². The Kier molecular flexibility index (Phi) is 24.8. The Balaban J connectivity index is -0.000000110. The largest absolute Gasteiger partial charge is 4.00 e. The second-order valence-corrected chi connectivity index (χ2v) is 4.58. The third kappa shape index (κ3) is 17.6. The van der Waals surface area contributed by atoms with Crippen LogP contribution in [-0.2, 0) is 72.0 Å². The zero-order valence-electron chi connectivity index (χ0n) is 14.8. The fourth-order valence-corrected chi connectivity index (χ4v) is 0.773. The fraction of sp³-hybridized carbons (Fsp3) is 0.500. The van der Waals surface area contributed by atoms with Crippen LogP contribution in [0.2, 0.25) is 0 Å². The summed E-state index contributed by atoms with van der Waals surface area (Å²) in [7, 11) is 0. The molecule has 0 aliphatic heterocycles. The predicted molar refractivity (Wildman–Crippen MR) is 66.1 cm³/mol. The van der Waals surface area contributed by atoms with Crippen molar-refractivity contribution in [3.63, 3.8) is 0 Å². The molecule has 0 spiro atoms. The SMILES string of the molecule is O=C([O-])C(O)C(O)C(=O)[O-].O=C([O-])C(O)C(O)C(=O)[O-].O=C([O-])C(O)C(O)C(=O)[O-].[Cu+2].[Zr+4]. The summed E-state index contributed by atoms with van der Waals surface area (Å²) < 4.78 is 0. The molecule has 1 radical (unpaired) electrons. The average molecular weight is 599 g/mol. The van der Waals surface area contributed by atoms with E-state index in [0.29, 0.717) is 0 Å². The summed E-state index contributed by atoms with van der Waals surface area (Å²) in [6, 6.07) is 0. The molecule has 6 N–H and O–H groups in total. The number of aliphatic carboxylic acids is 6. The molecule has 0 rings (SSSR count). The molecule has 20 heteroatoms. The van der Waals surface area contributed by atoms with Gasteiger partial charge in [-0.3, -0.25) is 0 Å². The van der Waals surface area contributed by atoms with Crippen molar-refractivity contribution in [1.29, 1.82) is 0 Å². The summed E-state index contributed by atoms with van der Waals surface area (Å²) in [5.74, 6) is -12.4. The van der Waals surface area contributed by atoms with Crippen LogP contribution in [0.15, 0.2) is 0 Å². The average Bonchev–Trinajstić information content (AvgIpc) is 2.64. The maximum atomic E-state index is 9.63. The number of hydrogen-bond acceptors (Lipinski definition) is 18. The van der Waals surface area contributed by atoms with Gasteiger partial charge in [0, 0.05) is 0 Å². The molecule has 6 unspecified atom stereocenters. The molecule has 32 heavy (non-hydrogen) atoms. The van der Waals surface area contributed by atoms with E-state index in [4.69, 9.17) is 30.6 Å². The van der Waals surface area contributed by atoms with Crippen LogP contribution in [0, 0.1) is 0 Å². The summed E-state index contributed by atoms with van der Waals surface area (Å²) in [6.07, 6.45) is -14.6. The molecule has 0 heterocycles. The number of aliphatic hydroxyl groups excluding tert-OH is 6. The van der Waals surface area contributed by atoms with Gasteiger partial charge in [0.05, 0.1) is 35.8 Å². The Bertz CT molecular complexity index is 500. The minimum Gasteiger partial charge on any atom is -0.547 e. The Hall–Kier alpha value is -2.02. The Labute approximate surface area is 205 Å². The molecule has 0 aromatic rings. The van der Waals surface area contributed by atoms with Gasteiger partial charge in [0.15, 0.2) is 0 Å². The van der Waals surface area contributed by atoms with E-state index in [1.54, 1.807) is 0 Å². The topological polar surface area (TPSA) is 362 Å². The van der Waals surface area contributed by atoms with Gasteiger partial charge in [-0.1, -0.05) is 0 Å². The standard InChI is InChI=1S/3C4H6O6.Cu.Zr/c3*5-1(3(7)8)2(6)4(9)10;;/h3*1-2,5-6H,(H,7,8)(H,9,10);;/q;;;+2;+4/p-6. The Morgan fingerprint density at radius 1 is 0.375 bits per heavy atom. The second kappa shape index (κ2) is 19.7. The van der Waals surface area contributed by atoms with E-state index in [-0.39, 0.29) is 43.3 Å². The minimum absolute atomic E-state index is 0. The maximum absolute atomic E-state index is 9.63. The van der Waals surface area contributed by atoms with E-state index in [1.807, 2.05) is 0 Å². The smallest absolute Gasteiger partial charge is 0.547 e. The number of carbonyl (C=O) groups is 6. The third-order valence-corrected chi connectivity index (χ3v) is 2.35. The summed E-state index contributed by atoms with van der Waals surface area (Å²) in [6.45, 7) is 0. The quantitative estimate of drug-likeness (QED) is 0.134. The molecule has 0 aromatic carbocycles. The van der Waals surface area contributed by atoms with Crippen LogP contribution in [0.3, 0.4) is 0 Å².